The topological polar surface area (TPSA) is 3.24 Å². The molecule has 0 bridgehead atoms. The Morgan fingerprint density at radius 2 is 1.79 bits per heavy atom. The highest BCUT2D eigenvalue weighted by molar-refractivity contribution is 7.99. The first-order valence-electron chi connectivity index (χ1n) is 5.08. The average Bonchev–Trinajstić information content (AvgIpc) is 2.23. The van der Waals surface area contributed by atoms with Gasteiger partial charge in [-0.3, -0.25) is 0 Å². The van der Waals surface area contributed by atoms with E-state index in [2.05, 4.69) is 55.2 Å². The minimum Gasteiger partial charge on any atom is -0.341 e. The van der Waals surface area contributed by atoms with Gasteiger partial charge in [0.15, 0.2) is 0 Å². The second-order valence-electron chi connectivity index (χ2n) is 3.69. The molecule has 1 aliphatic heterocycles. The van der Waals surface area contributed by atoms with Crippen LogP contribution in [0.4, 0.5) is 0 Å². The van der Waals surface area contributed by atoms with Gasteiger partial charge in [0.25, 0.3) is 0 Å². The summed E-state index contributed by atoms with van der Waals surface area (Å²) in [6.45, 7) is 4.51. The molecule has 3 heteroatoms. The Balaban J connectivity index is 1.92. The van der Waals surface area contributed by atoms with Crippen molar-refractivity contribution >= 4 is 24.6 Å². The Kier molecular flexibility index (Phi) is 3.54. The van der Waals surface area contributed by atoms with Crippen molar-refractivity contribution in [1.29, 1.82) is 0 Å². The molecule has 0 atom stereocenters. The van der Waals surface area contributed by atoms with Crippen LogP contribution in [0.2, 0.25) is 0 Å². The molecular formula is C11H15BNS. The van der Waals surface area contributed by atoms with Crippen LogP contribution in [-0.2, 0) is 0 Å². The maximum absolute atomic E-state index is 2.42. The molecule has 1 nitrogen and oxygen atoms in total. The van der Waals surface area contributed by atoms with E-state index >= 15 is 0 Å². The molecule has 1 aliphatic rings. The standard InChI is InChI=1S/C11H15BNS/c1-10-2-4-11(5-3-10)12-13-6-8-14-9-7-13/h2-5H,6-9H2,1H3. The summed E-state index contributed by atoms with van der Waals surface area (Å²) in [6.07, 6.45) is 0. The molecule has 1 radical (unpaired) electrons. The fourth-order valence-electron chi connectivity index (χ4n) is 1.57. The average molecular weight is 204 g/mol. The number of aryl methyl sites for hydroxylation is 1. The molecule has 1 fully saturated rings. The predicted octanol–water partition coefficient (Wildman–Crippen LogP) is 1.29. The molecule has 1 heterocycles. The van der Waals surface area contributed by atoms with Crippen molar-refractivity contribution in [1.82, 2.24) is 4.81 Å². The molecule has 1 saturated heterocycles. The Bertz CT molecular complexity index is 280. The summed E-state index contributed by atoms with van der Waals surface area (Å²) >= 11 is 2.05. The second-order valence-corrected chi connectivity index (χ2v) is 4.91. The third-order valence-corrected chi connectivity index (χ3v) is 3.40. The van der Waals surface area contributed by atoms with Gasteiger partial charge in [-0.15, -0.1) is 0 Å². The van der Waals surface area contributed by atoms with Crippen molar-refractivity contribution in [2.45, 2.75) is 6.92 Å². The minimum absolute atomic E-state index is 1.19. The van der Waals surface area contributed by atoms with Crippen LogP contribution in [0.15, 0.2) is 24.3 Å². The zero-order chi connectivity index (χ0) is 9.80. The van der Waals surface area contributed by atoms with Gasteiger partial charge in [-0.05, 0) is 20.0 Å². The van der Waals surface area contributed by atoms with E-state index in [9.17, 15) is 0 Å². The number of thioether (sulfide) groups is 1. The maximum Gasteiger partial charge on any atom is 0.247 e. The first-order valence-corrected chi connectivity index (χ1v) is 6.23. The van der Waals surface area contributed by atoms with Crippen LogP contribution in [0.5, 0.6) is 0 Å². The number of benzene rings is 1. The van der Waals surface area contributed by atoms with Crippen molar-refractivity contribution in [2.24, 2.45) is 0 Å². The molecule has 0 N–H and O–H groups in total. The fourth-order valence-corrected chi connectivity index (χ4v) is 2.50. The normalized spacial score (nSPS) is 18.1. The molecule has 2 rings (SSSR count). The van der Waals surface area contributed by atoms with Crippen LogP contribution in [0.25, 0.3) is 0 Å². The zero-order valence-corrected chi connectivity index (χ0v) is 9.39. The van der Waals surface area contributed by atoms with Crippen LogP contribution in [0.3, 0.4) is 0 Å². The molecule has 0 aliphatic carbocycles. The number of nitrogens with zero attached hydrogens (tertiary/aromatic N) is 1. The fraction of sp³-hybridized carbons (Fsp3) is 0.455. The Labute approximate surface area is 91.1 Å². The van der Waals surface area contributed by atoms with Crippen molar-refractivity contribution in [3.05, 3.63) is 29.8 Å². The van der Waals surface area contributed by atoms with Crippen LogP contribution in [0, 0.1) is 6.92 Å². The van der Waals surface area contributed by atoms with Gasteiger partial charge in [-0.25, -0.2) is 0 Å². The van der Waals surface area contributed by atoms with Crippen LogP contribution in [0.1, 0.15) is 5.56 Å². The van der Waals surface area contributed by atoms with Crippen molar-refractivity contribution in [3.63, 3.8) is 0 Å². The molecule has 1 aromatic carbocycles. The van der Waals surface area contributed by atoms with E-state index in [0.29, 0.717) is 0 Å². The highest BCUT2D eigenvalue weighted by Crippen LogP contribution is 2.07. The lowest BCUT2D eigenvalue weighted by atomic mass is 9.80. The van der Waals surface area contributed by atoms with E-state index in [1.54, 1.807) is 0 Å². The molecule has 73 valence electrons. The van der Waals surface area contributed by atoms with E-state index in [-0.39, 0.29) is 0 Å². The van der Waals surface area contributed by atoms with E-state index in [1.165, 1.54) is 35.6 Å². The summed E-state index contributed by atoms with van der Waals surface area (Å²) in [5.41, 5.74) is 2.65. The monoisotopic (exact) mass is 204 g/mol. The van der Waals surface area contributed by atoms with Gasteiger partial charge in [0, 0.05) is 11.5 Å². The molecule has 0 spiro atoms. The van der Waals surface area contributed by atoms with E-state index in [4.69, 9.17) is 0 Å². The molecule has 0 saturated carbocycles. The lowest BCUT2D eigenvalue weighted by Gasteiger charge is -2.25. The van der Waals surface area contributed by atoms with Gasteiger partial charge < -0.3 is 4.81 Å². The van der Waals surface area contributed by atoms with E-state index in [0.717, 1.165) is 0 Å². The summed E-state index contributed by atoms with van der Waals surface area (Å²) in [5.74, 6) is 2.53. The predicted molar refractivity (Wildman–Crippen MR) is 65.5 cm³/mol. The molecule has 14 heavy (non-hydrogen) atoms. The molecule has 0 unspecified atom stereocenters. The summed E-state index contributed by atoms with van der Waals surface area (Å²) in [7, 11) is 2.28. The smallest absolute Gasteiger partial charge is 0.247 e. The summed E-state index contributed by atoms with van der Waals surface area (Å²) < 4.78 is 0. The Hall–Kier alpha value is -0.405. The van der Waals surface area contributed by atoms with Gasteiger partial charge >= 0.3 is 0 Å². The summed E-state index contributed by atoms with van der Waals surface area (Å²) in [4.78, 5) is 2.42. The zero-order valence-electron chi connectivity index (χ0n) is 8.57. The molecular weight excluding hydrogens is 189 g/mol. The Morgan fingerprint density at radius 3 is 2.43 bits per heavy atom. The first kappa shape index (κ1) is 10.1. The van der Waals surface area contributed by atoms with Gasteiger partial charge in [-0.1, -0.05) is 35.3 Å². The number of rotatable bonds is 2. The maximum atomic E-state index is 2.42. The molecule has 1 aromatic rings. The van der Waals surface area contributed by atoms with E-state index < -0.39 is 0 Å². The van der Waals surface area contributed by atoms with Crippen LogP contribution >= 0.6 is 11.8 Å². The highest BCUT2D eigenvalue weighted by Gasteiger charge is 2.11. The van der Waals surface area contributed by atoms with E-state index in [1.807, 2.05) is 0 Å². The van der Waals surface area contributed by atoms with Crippen molar-refractivity contribution < 1.29 is 0 Å². The lowest BCUT2D eigenvalue weighted by molar-refractivity contribution is 0.496. The summed E-state index contributed by atoms with van der Waals surface area (Å²) in [5, 5.41) is 0. The third kappa shape index (κ3) is 2.79. The quantitative estimate of drug-likeness (QED) is 0.668. The first-order chi connectivity index (χ1) is 6.84. The van der Waals surface area contributed by atoms with Crippen molar-refractivity contribution in [2.75, 3.05) is 24.6 Å². The van der Waals surface area contributed by atoms with Crippen LogP contribution in [-0.4, -0.2) is 36.8 Å². The molecule has 0 aromatic heterocycles. The van der Waals surface area contributed by atoms with Crippen molar-refractivity contribution in [3.8, 4) is 0 Å². The van der Waals surface area contributed by atoms with Gasteiger partial charge in [0.2, 0.25) is 7.41 Å². The largest absolute Gasteiger partial charge is 0.341 e. The van der Waals surface area contributed by atoms with Crippen LogP contribution < -0.4 is 5.46 Å². The van der Waals surface area contributed by atoms with Gasteiger partial charge in [0.05, 0.1) is 0 Å². The van der Waals surface area contributed by atoms with Gasteiger partial charge in [-0.2, -0.15) is 11.8 Å². The minimum atomic E-state index is 1.19. The van der Waals surface area contributed by atoms with Gasteiger partial charge in [0.1, 0.15) is 0 Å². The SMILES string of the molecule is Cc1ccc([B]N2CCSCC2)cc1. The third-order valence-electron chi connectivity index (χ3n) is 2.45. The lowest BCUT2D eigenvalue weighted by Crippen LogP contribution is -2.41. The number of hydrogen-bond donors (Lipinski definition) is 0. The highest BCUT2D eigenvalue weighted by atomic mass is 32.2. The molecule has 0 amide bonds. The second kappa shape index (κ2) is 4.90. The summed E-state index contributed by atoms with van der Waals surface area (Å²) in [6, 6.07) is 8.73. The number of hydrogen-bond acceptors (Lipinski definition) is 2. The Morgan fingerprint density at radius 1 is 1.14 bits per heavy atom.